The van der Waals surface area contributed by atoms with Gasteiger partial charge in [0.2, 0.25) is 0 Å². The second-order valence-electron chi connectivity index (χ2n) is 4.65. The number of hydrogen-bond donors (Lipinski definition) is 1. The summed E-state index contributed by atoms with van der Waals surface area (Å²) in [6, 6.07) is 12.2. The highest BCUT2D eigenvalue weighted by atomic mass is 19.1. The van der Waals surface area contributed by atoms with Gasteiger partial charge in [0.15, 0.2) is 0 Å². The van der Waals surface area contributed by atoms with Crippen molar-refractivity contribution in [3.63, 3.8) is 0 Å². The molecule has 0 saturated heterocycles. The van der Waals surface area contributed by atoms with Gasteiger partial charge in [-0.25, -0.2) is 9.18 Å². The van der Waals surface area contributed by atoms with Crippen molar-refractivity contribution in [1.82, 2.24) is 0 Å². The number of rotatable bonds is 5. The first-order valence-corrected chi connectivity index (χ1v) is 6.90. The molecular formula is C17H15FN2O2. The van der Waals surface area contributed by atoms with Crippen molar-refractivity contribution in [1.29, 1.82) is 5.26 Å². The molecule has 22 heavy (non-hydrogen) atoms. The molecule has 0 aliphatic carbocycles. The van der Waals surface area contributed by atoms with Gasteiger partial charge in [-0.3, -0.25) is 0 Å². The largest absolute Gasteiger partial charge is 0.423 e. The Hall–Kier alpha value is -2.87. The average molecular weight is 298 g/mol. The van der Waals surface area contributed by atoms with Crippen LogP contribution in [0.4, 0.5) is 10.1 Å². The molecule has 4 nitrogen and oxygen atoms in total. The molecule has 0 spiro atoms. The molecule has 0 heterocycles. The van der Waals surface area contributed by atoms with Crippen LogP contribution in [0.5, 0.6) is 5.75 Å². The van der Waals surface area contributed by atoms with Crippen LogP contribution in [0, 0.1) is 17.1 Å². The molecule has 0 radical (unpaired) electrons. The minimum absolute atomic E-state index is 0.0645. The van der Waals surface area contributed by atoms with Crippen molar-refractivity contribution in [2.75, 3.05) is 11.9 Å². The van der Waals surface area contributed by atoms with E-state index in [9.17, 15) is 9.18 Å². The van der Waals surface area contributed by atoms with Gasteiger partial charge in [-0.15, -0.1) is 0 Å². The van der Waals surface area contributed by atoms with E-state index in [0.29, 0.717) is 5.56 Å². The van der Waals surface area contributed by atoms with Crippen molar-refractivity contribution in [2.45, 2.75) is 13.3 Å². The number of hydrogen-bond acceptors (Lipinski definition) is 4. The molecule has 0 fully saturated rings. The average Bonchev–Trinajstić information content (AvgIpc) is 2.53. The second-order valence-corrected chi connectivity index (χ2v) is 4.65. The zero-order valence-electron chi connectivity index (χ0n) is 12.1. The quantitative estimate of drug-likeness (QED) is 0.674. The highest BCUT2D eigenvalue weighted by Gasteiger charge is 2.10. The van der Waals surface area contributed by atoms with E-state index in [1.54, 1.807) is 30.3 Å². The number of carbonyl (C=O) groups excluding carboxylic acids is 1. The third kappa shape index (κ3) is 3.83. The molecule has 0 aliphatic rings. The summed E-state index contributed by atoms with van der Waals surface area (Å²) in [5.41, 5.74) is 1.20. The summed E-state index contributed by atoms with van der Waals surface area (Å²) in [5.74, 6) is -1.23. The highest BCUT2D eigenvalue weighted by molar-refractivity contribution is 5.91. The fourth-order valence-corrected chi connectivity index (χ4v) is 1.81. The third-order valence-electron chi connectivity index (χ3n) is 2.97. The lowest BCUT2D eigenvalue weighted by molar-refractivity contribution is 0.0734. The summed E-state index contributed by atoms with van der Waals surface area (Å²) < 4.78 is 18.5. The maximum atomic E-state index is 13.5. The number of nitrogens with zero attached hydrogens (tertiary/aromatic N) is 1. The number of carbonyl (C=O) groups is 1. The molecular weight excluding hydrogens is 283 g/mol. The Morgan fingerprint density at radius 3 is 2.59 bits per heavy atom. The lowest BCUT2D eigenvalue weighted by atomic mass is 10.2. The fourth-order valence-electron chi connectivity index (χ4n) is 1.81. The van der Waals surface area contributed by atoms with Crippen LogP contribution in [0.2, 0.25) is 0 Å². The third-order valence-corrected chi connectivity index (χ3v) is 2.97. The van der Waals surface area contributed by atoms with Crippen LogP contribution in [0.25, 0.3) is 0 Å². The molecule has 0 amide bonds. The van der Waals surface area contributed by atoms with E-state index in [1.807, 2.05) is 0 Å². The number of nitrogens with one attached hydrogen (secondary N) is 1. The number of anilines is 1. The smallest absolute Gasteiger partial charge is 0.343 e. The summed E-state index contributed by atoms with van der Waals surface area (Å²) in [7, 11) is 0. The highest BCUT2D eigenvalue weighted by Crippen LogP contribution is 2.18. The molecule has 2 aromatic carbocycles. The Morgan fingerprint density at radius 1 is 1.27 bits per heavy atom. The van der Waals surface area contributed by atoms with Crippen molar-refractivity contribution >= 4 is 11.7 Å². The summed E-state index contributed by atoms with van der Waals surface area (Å²) in [6.45, 7) is 2.92. The molecule has 0 aliphatic heterocycles. The Labute approximate surface area is 128 Å². The van der Waals surface area contributed by atoms with Crippen LogP contribution in [0.3, 0.4) is 0 Å². The van der Waals surface area contributed by atoms with Gasteiger partial charge in [0.05, 0.1) is 11.1 Å². The van der Waals surface area contributed by atoms with E-state index in [2.05, 4.69) is 12.2 Å². The zero-order valence-corrected chi connectivity index (χ0v) is 12.1. The van der Waals surface area contributed by atoms with Crippen molar-refractivity contribution in [3.05, 3.63) is 59.4 Å². The summed E-state index contributed by atoms with van der Waals surface area (Å²) in [6.07, 6.45) is 1.01. The first-order chi connectivity index (χ1) is 10.6. The SMILES string of the molecule is CCCNc1ccc(C(=O)Oc2ccc(C#N)c(F)c2)cc1. The van der Waals surface area contributed by atoms with E-state index in [-0.39, 0.29) is 11.3 Å². The fraction of sp³-hybridized carbons (Fsp3) is 0.176. The maximum Gasteiger partial charge on any atom is 0.343 e. The normalized spacial score (nSPS) is 9.86. The number of esters is 1. The van der Waals surface area contributed by atoms with Crippen LogP contribution < -0.4 is 10.1 Å². The van der Waals surface area contributed by atoms with E-state index < -0.39 is 11.8 Å². The molecule has 0 unspecified atom stereocenters. The Kier molecular flexibility index (Phi) is 5.10. The standard InChI is InChI=1S/C17H15FN2O2/c1-2-9-20-14-6-3-12(4-7-14)17(21)22-15-8-5-13(11-19)16(18)10-15/h3-8,10,20H,2,9H2,1H3. The van der Waals surface area contributed by atoms with Gasteiger partial charge in [0, 0.05) is 18.3 Å². The maximum absolute atomic E-state index is 13.5. The van der Waals surface area contributed by atoms with Crippen molar-refractivity contribution in [3.8, 4) is 11.8 Å². The number of benzene rings is 2. The minimum Gasteiger partial charge on any atom is -0.423 e. The molecule has 0 bridgehead atoms. The Balaban J connectivity index is 2.06. The molecule has 0 saturated carbocycles. The number of halogens is 1. The van der Waals surface area contributed by atoms with Crippen LogP contribution in [0.15, 0.2) is 42.5 Å². The Bertz CT molecular complexity index is 706. The van der Waals surface area contributed by atoms with E-state index in [4.69, 9.17) is 10.00 Å². The van der Waals surface area contributed by atoms with Crippen LogP contribution >= 0.6 is 0 Å². The molecule has 2 aromatic rings. The molecule has 112 valence electrons. The predicted molar refractivity (Wildman–Crippen MR) is 81.3 cm³/mol. The first kappa shape index (κ1) is 15.5. The Morgan fingerprint density at radius 2 is 2.00 bits per heavy atom. The lowest BCUT2D eigenvalue weighted by Crippen LogP contribution is -2.09. The molecule has 5 heteroatoms. The molecule has 1 N–H and O–H groups in total. The minimum atomic E-state index is -0.716. The van der Waals surface area contributed by atoms with Gasteiger partial charge in [-0.2, -0.15) is 5.26 Å². The summed E-state index contributed by atoms with van der Waals surface area (Å²) in [5, 5.41) is 11.9. The van der Waals surface area contributed by atoms with Crippen molar-refractivity contribution < 1.29 is 13.9 Å². The van der Waals surface area contributed by atoms with Gasteiger partial charge < -0.3 is 10.1 Å². The molecule has 0 atom stereocenters. The van der Waals surface area contributed by atoms with E-state index >= 15 is 0 Å². The van der Waals surface area contributed by atoms with Gasteiger partial charge in [-0.05, 0) is 42.8 Å². The van der Waals surface area contributed by atoms with Gasteiger partial charge >= 0.3 is 5.97 Å². The van der Waals surface area contributed by atoms with Crippen LogP contribution in [-0.2, 0) is 0 Å². The van der Waals surface area contributed by atoms with Crippen molar-refractivity contribution in [2.24, 2.45) is 0 Å². The predicted octanol–water partition coefficient (Wildman–Crippen LogP) is 3.74. The van der Waals surface area contributed by atoms with Crippen LogP contribution in [-0.4, -0.2) is 12.5 Å². The van der Waals surface area contributed by atoms with Crippen LogP contribution in [0.1, 0.15) is 29.3 Å². The number of ether oxygens (including phenoxy) is 1. The molecule has 2 rings (SSSR count). The van der Waals surface area contributed by atoms with Gasteiger partial charge in [0.25, 0.3) is 0 Å². The number of nitriles is 1. The van der Waals surface area contributed by atoms with E-state index in [1.165, 1.54) is 12.1 Å². The monoisotopic (exact) mass is 298 g/mol. The summed E-state index contributed by atoms with van der Waals surface area (Å²) in [4.78, 5) is 12.0. The lowest BCUT2D eigenvalue weighted by Gasteiger charge is -2.07. The van der Waals surface area contributed by atoms with Gasteiger partial charge in [0.1, 0.15) is 17.6 Å². The first-order valence-electron chi connectivity index (χ1n) is 6.90. The topological polar surface area (TPSA) is 62.1 Å². The second kappa shape index (κ2) is 7.23. The zero-order chi connectivity index (χ0) is 15.9. The van der Waals surface area contributed by atoms with Gasteiger partial charge in [-0.1, -0.05) is 6.92 Å². The summed E-state index contributed by atoms with van der Waals surface area (Å²) >= 11 is 0. The van der Waals surface area contributed by atoms with E-state index in [0.717, 1.165) is 24.7 Å². The molecule has 0 aromatic heterocycles.